The highest BCUT2D eigenvalue weighted by atomic mass is 79.9. The number of ether oxygens (including phenoxy) is 1. The zero-order valence-corrected chi connectivity index (χ0v) is 13.4. The summed E-state index contributed by atoms with van der Waals surface area (Å²) in [5.41, 5.74) is 0. The number of rotatable bonds is 6. The first kappa shape index (κ1) is 15.7. The van der Waals surface area contributed by atoms with Crippen LogP contribution < -0.4 is 10.1 Å². The van der Waals surface area contributed by atoms with E-state index in [-0.39, 0.29) is 11.9 Å². The van der Waals surface area contributed by atoms with Crippen molar-refractivity contribution in [3.05, 3.63) is 46.2 Å². The van der Waals surface area contributed by atoms with E-state index in [4.69, 9.17) is 16.3 Å². The van der Waals surface area contributed by atoms with Crippen molar-refractivity contribution in [1.82, 2.24) is 9.97 Å². The van der Waals surface area contributed by atoms with E-state index in [9.17, 15) is 4.79 Å². The second-order valence-corrected chi connectivity index (χ2v) is 5.48. The highest BCUT2D eigenvalue weighted by Crippen LogP contribution is 2.23. The van der Waals surface area contributed by atoms with E-state index in [0.29, 0.717) is 30.2 Å². The number of aromatic nitrogens is 2. The van der Waals surface area contributed by atoms with Gasteiger partial charge in [-0.3, -0.25) is 10.1 Å². The molecule has 0 saturated heterocycles. The molecule has 0 atom stereocenters. The number of hydrogen-bond acceptors (Lipinski definition) is 4. The standard InChI is InChI=1S/C14H13BrClN3O2/c15-10-8-17-14(18-9-10)19-13(20)6-3-7-21-12-5-2-1-4-11(12)16/h1-2,4-5,8-9H,3,6-7H2,(H,17,18,19,20). The SMILES string of the molecule is O=C(CCCOc1ccccc1Cl)Nc1ncc(Br)cn1. The molecule has 0 radical (unpaired) electrons. The molecule has 1 N–H and O–H groups in total. The minimum Gasteiger partial charge on any atom is -0.492 e. The Bertz CT molecular complexity index is 607. The minimum atomic E-state index is -0.153. The Kier molecular flexibility index (Phi) is 5.95. The lowest BCUT2D eigenvalue weighted by atomic mass is 10.3. The molecule has 5 nitrogen and oxygen atoms in total. The first-order chi connectivity index (χ1) is 10.1. The Labute approximate surface area is 135 Å². The van der Waals surface area contributed by atoms with Gasteiger partial charge >= 0.3 is 0 Å². The zero-order chi connectivity index (χ0) is 15.1. The molecule has 1 amide bonds. The number of nitrogens with zero attached hydrogens (tertiary/aromatic N) is 2. The van der Waals surface area contributed by atoms with Gasteiger partial charge in [-0.2, -0.15) is 0 Å². The first-order valence-electron chi connectivity index (χ1n) is 6.30. The van der Waals surface area contributed by atoms with E-state index >= 15 is 0 Å². The number of anilines is 1. The molecule has 0 fully saturated rings. The maximum absolute atomic E-state index is 11.7. The van der Waals surface area contributed by atoms with Crippen LogP contribution in [0.25, 0.3) is 0 Å². The highest BCUT2D eigenvalue weighted by Gasteiger charge is 2.05. The van der Waals surface area contributed by atoms with Crippen molar-refractivity contribution in [2.24, 2.45) is 0 Å². The van der Waals surface area contributed by atoms with Crippen molar-refractivity contribution in [3.8, 4) is 5.75 Å². The largest absolute Gasteiger partial charge is 0.492 e. The lowest BCUT2D eigenvalue weighted by molar-refractivity contribution is -0.116. The molecule has 0 unspecified atom stereocenters. The summed E-state index contributed by atoms with van der Waals surface area (Å²) in [6.07, 6.45) is 4.05. The fraction of sp³-hybridized carbons (Fsp3) is 0.214. The number of carbonyl (C=O) groups excluding carboxylic acids is 1. The molecule has 2 rings (SSSR count). The van der Waals surface area contributed by atoms with E-state index < -0.39 is 0 Å². The minimum absolute atomic E-state index is 0.153. The molecule has 0 aliphatic rings. The third-order valence-electron chi connectivity index (χ3n) is 2.51. The summed E-state index contributed by atoms with van der Waals surface area (Å²) in [5.74, 6) is 0.756. The van der Waals surface area contributed by atoms with E-state index in [1.54, 1.807) is 24.5 Å². The van der Waals surface area contributed by atoms with Crippen molar-refractivity contribution in [3.63, 3.8) is 0 Å². The number of amides is 1. The summed E-state index contributed by atoms with van der Waals surface area (Å²) in [6.45, 7) is 0.415. The van der Waals surface area contributed by atoms with Gasteiger partial charge in [0, 0.05) is 18.8 Å². The quantitative estimate of drug-likeness (QED) is 0.788. The van der Waals surface area contributed by atoms with Crippen LogP contribution in [0.3, 0.4) is 0 Å². The predicted octanol–water partition coefficient (Wildman–Crippen LogP) is 3.69. The van der Waals surface area contributed by atoms with Gasteiger partial charge in [-0.15, -0.1) is 0 Å². The Balaban J connectivity index is 1.70. The van der Waals surface area contributed by atoms with Crippen molar-refractivity contribution >= 4 is 39.4 Å². The Morgan fingerprint density at radius 1 is 1.29 bits per heavy atom. The van der Waals surface area contributed by atoms with Gasteiger partial charge < -0.3 is 4.74 Å². The van der Waals surface area contributed by atoms with Gasteiger partial charge in [-0.1, -0.05) is 23.7 Å². The fourth-order valence-corrected chi connectivity index (χ4v) is 1.94. The molecule has 110 valence electrons. The van der Waals surface area contributed by atoms with E-state index in [0.717, 1.165) is 4.47 Å². The average molecular weight is 371 g/mol. The van der Waals surface area contributed by atoms with Crippen molar-refractivity contribution in [1.29, 1.82) is 0 Å². The van der Waals surface area contributed by atoms with Gasteiger partial charge in [0.05, 0.1) is 16.1 Å². The van der Waals surface area contributed by atoms with Crippen LogP contribution >= 0.6 is 27.5 Å². The van der Waals surface area contributed by atoms with Gasteiger partial charge in [-0.05, 0) is 34.5 Å². The third-order valence-corrected chi connectivity index (χ3v) is 3.24. The van der Waals surface area contributed by atoms with Crippen LogP contribution in [-0.4, -0.2) is 22.5 Å². The maximum atomic E-state index is 11.7. The molecule has 0 spiro atoms. The first-order valence-corrected chi connectivity index (χ1v) is 7.47. The number of nitrogens with one attached hydrogen (secondary N) is 1. The summed E-state index contributed by atoms with van der Waals surface area (Å²) >= 11 is 9.19. The summed E-state index contributed by atoms with van der Waals surface area (Å²) in [6, 6.07) is 7.23. The van der Waals surface area contributed by atoms with E-state index in [1.165, 1.54) is 0 Å². The Morgan fingerprint density at radius 2 is 2.00 bits per heavy atom. The van der Waals surface area contributed by atoms with Crippen LogP contribution in [0.2, 0.25) is 5.02 Å². The average Bonchev–Trinajstić information content (AvgIpc) is 2.48. The molecule has 0 aliphatic heterocycles. The normalized spacial score (nSPS) is 10.2. The van der Waals surface area contributed by atoms with Gasteiger partial charge in [0.25, 0.3) is 0 Å². The van der Waals surface area contributed by atoms with E-state index in [2.05, 4.69) is 31.2 Å². The molecule has 1 aromatic carbocycles. The topological polar surface area (TPSA) is 64.1 Å². The van der Waals surface area contributed by atoms with Crippen molar-refractivity contribution in [2.45, 2.75) is 12.8 Å². The number of benzene rings is 1. The van der Waals surface area contributed by atoms with Crippen LogP contribution in [-0.2, 0) is 4.79 Å². The smallest absolute Gasteiger partial charge is 0.229 e. The molecular formula is C14H13BrClN3O2. The lowest BCUT2D eigenvalue weighted by Crippen LogP contribution is -2.14. The molecule has 7 heteroatoms. The van der Waals surface area contributed by atoms with Crippen molar-refractivity contribution in [2.75, 3.05) is 11.9 Å². The molecule has 2 aromatic rings. The fourth-order valence-electron chi connectivity index (χ4n) is 1.54. The molecule has 0 aliphatic carbocycles. The van der Waals surface area contributed by atoms with Crippen LogP contribution in [0, 0.1) is 0 Å². The second-order valence-electron chi connectivity index (χ2n) is 4.16. The van der Waals surface area contributed by atoms with Gasteiger partial charge in [0.1, 0.15) is 5.75 Å². The second kappa shape index (κ2) is 7.95. The predicted molar refractivity (Wildman–Crippen MR) is 84.5 cm³/mol. The van der Waals surface area contributed by atoms with Crippen molar-refractivity contribution < 1.29 is 9.53 Å². The number of halogens is 2. The third kappa shape index (κ3) is 5.32. The summed E-state index contributed by atoms with van der Waals surface area (Å²) in [4.78, 5) is 19.6. The zero-order valence-electron chi connectivity index (χ0n) is 11.1. The molecule has 21 heavy (non-hydrogen) atoms. The van der Waals surface area contributed by atoms with Crippen LogP contribution in [0.4, 0.5) is 5.95 Å². The summed E-state index contributed by atoms with van der Waals surface area (Å²) in [5, 5.41) is 3.18. The summed E-state index contributed by atoms with van der Waals surface area (Å²) in [7, 11) is 0. The molecule has 1 heterocycles. The number of para-hydroxylation sites is 1. The molecule has 0 bridgehead atoms. The number of hydrogen-bond donors (Lipinski definition) is 1. The summed E-state index contributed by atoms with van der Waals surface area (Å²) < 4.78 is 6.26. The van der Waals surface area contributed by atoms with Crippen LogP contribution in [0.15, 0.2) is 41.1 Å². The Hall–Kier alpha value is -1.66. The van der Waals surface area contributed by atoms with Gasteiger partial charge in [-0.25, -0.2) is 9.97 Å². The van der Waals surface area contributed by atoms with Gasteiger partial charge in [0.2, 0.25) is 11.9 Å². The van der Waals surface area contributed by atoms with Gasteiger partial charge in [0.15, 0.2) is 0 Å². The highest BCUT2D eigenvalue weighted by molar-refractivity contribution is 9.10. The number of carbonyl (C=O) groups is 1. The molecule has 1 aromatic heterocycles. The van der Waals surface area contributed by atoms with E-state index in [1.807, 2.05) is 12.1 Å². The molecular weight excluding hydrogens is 358 g/mol. The van der Waals surface area contributed by atoms with Crippen LogP contribution in [0.5, 0.6) is 5.75 Å². The maximum Gasteiger partial charge on any atom is 0.229 e. The Morgan fingerprint density at radius 3 is 2.71 bits per heavy atom. The van der Waals surface area contributed by atoms with Crippen LogP contribution in [0.1, 0.15) is 12.8 Å². The lowest BCUT2D eigenvalue weighted by Gasteiger charge is -2.07. The monoisotopic (exact) mass is 369 g/mol. The molecule has 0 saturated carbocycles.